The van der Waals surface area contributed by atoms with E-state index in [1.807, 2.05) is 60.8 Å². The minimum Gasteiger partial charge on any atom is -0.493 e. The van der Waals surface area contributed by atoms with E-state index >= 15 is 0 Å². The lowest BCUT2D eigenvalue weighted by Crippen LogP contribution is -2.30. The van der Waals surface area contributed by atoms with Crippen LogP contribution in [0.25, 0.3) is 21.3 Å². The summed E-state index contributed by atoms with van der Waals surface area (Å²) in [5.41, 5.74) is 4.66. The van der Waals surface area contributed by atoms with Crippen molar-refractivity contribution in [3.8, 4) is 16.9 Å². The van der Waals surface area contributed by atoms with E-state index < -0.39 is 5.91 Å². The van der Waals surface area contributed by atoms with Crippen molar-refractivity contribution < 1.29 is 9.53 Å². The number of rotatable bonds is 7. The van der Waals surface area contributed by atoms with Gasteiger partial charge in [-0.25, -0.2) is 10.4 Å². The summed E-state index contributed by atoms with van der Waals surface area (Å²) in [6.45, 7) is 2.21. The van der Waals surface area contributed by atoms with Gasteiger partial charge in [-0.05, 0) is 30.7 Å². The zero-order valence-corrected chi connectivity index (χ0v) is 19.5. The minimum atomic E-state index is -0.436. The Bertz CT molecular complexity index is 1350. The molecule has 2 aromatic carbocycles. The normalized spacial score (nSPS) is 11.2. The van der Waals surface area contributed by atoms with Crippen LogP contribution in [-0.2, 0) is 11.3 Å². The third kappa shape index (κ3) is 4.79. The van der Waals surface area contributed by atoms with Crippen LogP contribution >= 0.6 is 27.3 Å². The number of carbonyl (C=O) groups is 1. The molecule has 2 aromatic heterocycles. The van der Waals surface area contributed by atoms with Gasteiger partial charge in [0.1, 0.15) is 17.1 Å². The largest absolute Gasteiger partial charge is 0.493 e. The van der Waals surface area contributed by atoms with Crippen LogP contribution in [0, 0.1) is 0 Å². The maximum absolute atomic E-state index is 13.1. The molecule has 0 radical (unpaired) electrons. The lowest BCUT2D eigenvalue weighted by atomic mass is 10.1. The topological polar surface area (TPSA) is 85.6 Å². The molecule has 2 heterocycles. The van der Waals surface area contributed by atoms with E-state index in [4.69, 9.17) is 4.74 Å². The van der Waals surface area contributed by atoms with Gasteiger partial charge in [0.05, 0.1) is 24.5 Å². The summed E-state index contributed by atoms with van der Waals surface area (Å²) < 4.78 is 7.72. The van der Waals surface area contributed by atoms with Crippen molar-refractivity contribution in [3.63, 3.8) is 0 Å². The standard InChI is InChI=1S/C23H19BrN4O3S/c1-2-31-19-9-8-17(24)10-16(19)11-26-27-20(29)12-28-14-25-22-21(23(28)30)18(13-32-22)15-6-4-3-5-7-15/h3-11,13-14H,2,12H2,1H3,(H,27,29). The van der Waals surface area contributed by atoms with Crippen LogP contribution in [0.5, 0.6) is 5.75 Å². The number of aromatic nitrogens is 2. The molecule has 0 saturated heterocycles. The van der Waals surface area contributed by atoms with Crippen molar-refractivity contribution in [3.05, 3.63) is 80.6 Å². The molecule has 0 aliphatic heterocycles. The monoisotopic (exact) mass is 510 g/mol. The van der Waals surface area contributed by atoms with Gasteiger partial charge in [0, 0.05) is 21.0 Å². The molecule has 0 aliphatic carbocycles. The Morgan fingerprint density at radius 1 is 1.28 bits per heavy atom. The lowest BCUT2D eigenvalue weighted by molar-refractivity contribution is -0.121. The van der Waals surface area contributed by atoms with E-state index in [0.29, 0.717) is 28.1 Å². The molecule has 1 amide bonds. The van der Waals surface area contributed by atoms with E-state index in [9.17, 15) is 9.59 Å². The zero-order chi connectivity index (χ0) is 22.5. The van der Waals surface area contributed by atoms with Crippen molar-refractivity contribution in [1.82, 2.24) is 15.0 Å². The maximum atomic E-state index is 13.1. The average Bonchev–Trinajstić information content (AvgIpc) is 3.23. The smallest absolute Gasteiger partial charge is 0.263 e. The number of amides is 1. The first-order valence-corrected chi connectivity index (χ1v) is 11.5. The van der Waals surface area contributed by atoms with Crippen molar-refractivity contribution in [2.45, 2.75) is 13.5 Å². The summed E-state index contributed by atoms with van der Waals surface area (Å²) in [5.74, 6) is 0.222. The number of hydrogen-bond donors (Lipinski definition) is 1. The highest BCUT2D eigenvalue weighted by molar-refractivity contribution is 9.10. The van der Waals surface area contributed by atoms with Crippen molar-refractivity contribution in [1.29, 1.82) is 0 Å². The molecule has 0 spiro atoms. The Kier molecular flexibility index (Phi) is 6.77. The fraction of sp³-hybridized carbons (Fsp3) is 0.130. The molecular weight excluding hydrogens is 492 g/mol. The molecule has 4 aromatic rings. The molecule has 4 rings (SSSR count). The number of benzene rings is 2. The molecular formula is C23H19BrN4O3S. The zero-order valence-electron chi connectivity index (χ0n) is 17.1. The van der Waals surface area contributed by atoms with Crippen LogP contribution in [0.1, 0.15) is 12.5 Å². The van der Waals surface area contributed by atoms with Crippen molar-refractivity contribution in [2.75, 3.05) is 6.61 Å². The highest BCUT2D eigenvalue weighted by Crippen LogP contribution is 2.30. The van der Waals surface area contributed by atoms with E-state index in [-0.39, 0.29) is 12.1 Å². The van der Waals surface area contributed by atoms with Crippen molar-refractivity contribution >= 4 is 49.6 Å². The van der Waals surface area contributed by atoms with Crippen molar-refractivity contribution in [2.24, 2.45) is 5.10 Å². The van der Waals surface area contributed by atoms with Crippen LogP contribution in [0.3, 0.4) is 0 Å². The Morgan fingerprint density at radius 2 is 2.09 bits per heavy atom. The summed E-state index contributed by atoms with van der Waals surface area (Å²) in [4.78, 5) is 30.5. The minimum absolute atomic E-state index is 0.194. The third-order valence-electron chi connectivity index (χ3n) is 4.62. The van der Waals surface area contributed by atoms with Gasteiger partial charge in [-0.1, -0.05) is 46.3 Å². The molecule has 7 nitrogen and oxygen atoms in total. The van der Waals surface area contributed by atoms with Gasteiger partial charge < -0.3 is 4.74 Å². The van der Waals surface area contributed by atoms with Crippen LogP contribution < -0.4 is 15.7 Å². The van der Waals surface area contributed by atoms with Gasteiger partial charge >= 0.3 is 0 Å². The fourth-order valence-electron chi connectivity index (χ4n) is 3.18. The van der Waals surface area contributed by atoms with Gasteiger partial charge in [-0.15, -0.1) is 11.3 Å². The molecule has 0 aliphatic rings. The fourth-order valence-corrected chi connectivity index (χ4v) is 4.47. The summed E-state index contributed by atoms with van der Waals surface area (Å²) in [6, 6.07) is 15.2. The van der Waals surface area contributed by atoms with Crippen LogP contribution in [0.4, 0.5) is 0 Å². The second-order valence-corrected chi connectivity index (χ2v) is 8.56. The van der Waals surface area contributed by atoms with Crippen LogP contribution in [0.15, 0.2) is 74.6 Å². The summed E-state index contributed by atoms with van der Waals surface area (Å²) >= 11 is 4.81. The van der Waals surface area contributed by atoms with E-state index in [2.05, 4.69) is 31.4 Å². The second-order valence-electron chi connectivity index (χ2n) is 6.78. The second kappa shape index (κ2) is 9.88. The molecule has 0 fully saturated rings. The summed E-state index contributed by atoms with van der Waals surface area (Å²) in [6.07, 6.45) is 2.89. The average molecular weight is 511 g/mol. The maximum Gasteiger partial charge on any atom is 0.263 e. The first-order valence-electron chi connectivity index (χ1n) is 9.83. The van der Waals surface area contributed by atoms with Gasteiger partial charge in [0.15, 0.2) is 0 Å². The van der Waals surface area contributed by atoms with Crippen LogP contribution in [0.2, 0.25) is 0 Å². The highest BCUT2D eigenvalue weighted by Gasteiger charge is 2.14. The Morgan fingerprint density at radius 3 is 2.88 bits per heavy atom. The number of halogens is 1. The van der Waals surface area contributed by atoms with Gasteiger partial charge in [-0.3, -0.25) is 14.2 Å². The Labute approximate surface area is 196 Å². The van der Waals surface area contributed by atoms with E-state index in [1.165, 1.54) is 28.4 Å². The SMILES string of the molecule is CCOc1ccc(Br)cc1C=NNC(=O)Cn1cnc2scc(-c3ccccc3)c2c1=O. The third-order valence-corrected chi connectivity index (χ3v) is 6.00. The lowest BCUT2D eigenvalue weighted by Gasteiger charge is -2.07. The van der Waals surface area contributed by atoms with E-state index in [0.717, 1.165) is 15.6 Å². The molecule has 0 atom stereocenters. The van der Waals surface area contributed by atoms with E-state index in [1.54, 1.807) is 0 Å². The van der Waals surface area contributed by atoms with Gasteiger partial charge in [0.25, 0.3) is 11.5 Å². The summed E-state index contributed by atoms with van der Waals surface area (Å²) in [5, 5.41) is 6.43. The molecule has 162 valence electrons. The summed E-state index contributed by atoms with van der Waals surface area (Å²) in [7, 11) is 0. The predicted octanol–water partition coefficient (Wildman–Crippen LogP) is 4.44. The number of carbonyl (C=O) groups excluding carboxylic acids is 1. The first-order chi connectivity index (χ1) is 15.6. The number of nitrogens with zero attached hydrogens (tertiary/aromatic N) is 3. The highest BCUT2D eigenvalue weighted by atomic mass is 79.9. The predicted molar refractivity (Wildman–Crippen MR) is 130 cm³/mol. The molecule has 1 N–H and O–H groups in total. The number of hydrazone groups is 1. The number of hydrogen-bond acceptors (Lipinski definition) is 6. The van der Waals surface area contributed by atoms with Crippen LogP contribution in [-0.4, -0.2) is 28.3 Å². The van der Waals surface area contributed by atoms with Gasteiger partial charge in [0.2, 0.25) is 0 Å². The quantitative estimate of drug-likeness (QED) is 0.294. The molecule has 0 bridgehead atoms. The molecule has 9 heteroatoms. The first kappa shape index (κ1) is 21.9. The Hall–Kier alpha value is -3.30. The van der Waals surface area contributed by atoms with Gasteiger partial charge in [-0.2, -0.15) is 5.10 Å². The number of fused-ring (bicyclic) bond motifs is 1. The molecule has 0 unspecified atom stereocenters. The molecule has 0 saturated carbocycles. The number of ether oxygens (including phenoxy) is 1. The number of thiophene rings is 1. The Balaban J connectivity index is 1.52. The number of nitrogens with one attached hydrogen (secondary N) is 1. The molecule has 32 heavy (non-hydrogen) atoms.